The Morgan fingerprint density at radius 1 is 1.46 bits per heavy atom. The quantitative estimate of drug-likeness (QED) is 0.538. The molecule has 0 aliphatic carbocycles. The van der Waals surface area contributed by atoms with Crippen LogP contribution in [0, 0.1) is 5.92 Å². The van der Waals surface area contributed by atoms with Gasteiger partial charge in [0.1, 0.15) is 0 Å². The number of hydrogen-bond acceptors (Lipinski definition) is 4. The van der Waals surface area contributed by atoms with Crippen molar-refractivity contribution in [3.63, 3.8) is 0 Å². The van der Waals surface area contributed by atoms with Crippen LogP contribution < -0.4 is 5.90 Å². The van der Waals surface area contributed by atoms with E-state index in [0.717, 1.165) is 6.42 Å². The molecule has 0 aromatic heterocycles. The molecule has 0 saturated heterocycles. The Hall–Kier alpha value is 0.270. The molecule has 0 aliphatic heterocycles. The van der Waals surface area contributed by atoms with E-state index in [4.69, 9.17) is 10.4 Å². The van der Waals surface area contributed by atoms with Gasteiger partial charge in [-0.05, 0) is 0 Å². The monoisotopic (exact) mass is 211 g/mol. The molecule has 13 heavy (non-hydrogen) atoms. The molecule has 0 atom stereocenters. The summed E-state index contributed by atoms with van der Waals surface area (Å²) < 4.78 is 9.86. The third-order valence-electron chi connectivity index (χ3n) is 1.58. The van der Waals surface area contributed by atoms with E-state index in [2.05, 4.69) is 18.5 Å². The molecule has 0 aliphatic rings. The van der Waals surface area contributed by atoms with Crippen LogP contribution >= 0.6 is 7.94 Å². The van der Waals surface area contributed by atoms with Gasteiger partial charge in [-0.2, -0.15) is 0 Å². The summed E-state index contributed by atoms with van der Waals surface area (Å²) in [6, 6.07) is 0. The Kier molecular flexibility index (Phi) is 4.77. The van der Waals surface area contributed by atoms with Crippen molar-refractivity contribution in [1.82, 2.24) is 0 Å². The Balaban J connectivity index is 4.16. The predicted octanol–water partition coefficient (Wildman–Crippen LogP) is 1.83. The molecule has 0 spiro atoms. The van der Waals surface area contributed by atoms with Crippen LogP contribution in [0.4, 0.5) is 0 Å². The summed E-state index contributed by atoms with van der Waals surface area (Å²) in [6.07, 6.45) is 0.861. The van der Waals surface area contributed by atoms with Crippen molar-refractivity contribution in [3.05, 3.63) is 0 Å². The van der Waals surface area contributed by atoms with Gasteiger partial charge >= 0.3 is 80.2 Å². The van der Waals surface area contributed by atoms with Gasteiger partial charge in [0, 0.05) is 0 Å². The molecule has 0 amide bonds. The Labute approximate surface area is 81.0 Å². The summed E-state index contributed by atoms with van der Waals surface area (Å²) in [5, 5.41) is 0. The number of rotatable bonds is 5. The van der Waals surface area contributed by atoms with Crippen molar-refractivity contribution in [2.45, 2.75) is 39.7 Å². The summed E-state index contributed by atoms with van der Waals surface area (Å²) in [5.74, 6) is 5.44. The minimum atomic E-state index is -3.10. The van der Waals surface area contributed by atoms with Crippen molar-refractivity contribution in [2.75, 3.05) is 6.66 Å². The van der Waals surface area contributed by atoms with Crippen LogP contribution in [0.15, 0.2) is 0 Å². The van der Waals surface area contributed by atoms with Crippen LogP contribution in [0.1, 0.15) is 34.1 Å². The molecule has 0 aromatic rings. The van der Waals surface area contributed by atoms with Crippen molar-refractivity contribution < 1.29 is 14.0 Å². The van der Waals surface area contributed by atoms with Gasteiger partial charge in [0.2, 0.25) is 0 Å². The second-order valence-corrected chi connectivity index (χ2v) is 6.71. The van der Waals surface area contributed by atoms with E-state index in [1.54, 1.807) is 0 Å². The van der Waals surface area contributed by atoms with Gasteiger partial charge in [0.15, 0.2) is 0 Å². The fraction of sp³-hybridized carbons (Fsp3) is 1.00. The summed E-state index contributed by atoms with van der Waals surface area (Å²) in [6.45, 7) is 9.56. The van der Waals surface area contributed by atoms with Gasteiger partial charge in [-0.1, -0.05) is 0 Å². The van der Waals surface area contributed by atoms with Gasteiger partial charge in [-0.3, -0.25) is 0 Å². The molecule has 0 radical (unpaired) electrons. The van der Waals surface area contributed by atoms with Crippen LogP contribution in [0.5, 0.6) is 0 Å². The molecule has 0 rings (SSSR count). The van der Waals surface area contributed by atoms with Crippen molar-refractivity contribution >= 4 is 7.94 Å². The Bertz CT molecular complexity index is 159. The van der Waals surface area contributed by atoms with Crippen LogP contribution in [-0.4, -0.2) is 17.2 Å². The summed E-state index contributed by atoms with van der Waals surface area (Å²) in [5.41, 5.74) is -0.386. The van der Waals surface area contributed by atoms with E-state index in [0.29, 0.717) is 5.92 Å². The van der Waals surface area contributed by atoms with Crippen molar-refractivity contribution in [1.29, 1.82) is 0 Å². The molecule has 3 N–H and O–H groups in total. The van der Waals surface area contributed by atoms with Gasteiger partial charge in [-0.25, -0.2) is 0 Å². The molecule has 82 valence electrons. The Morgan fingerprint density at radius 2 is 1.92 bits per heavy atom. The van der Waals surface area contributed by atoms with Crippen molar-refractivity contribution in [3.8, 4) is 0 Å². The van der Waals surface area contributed by atoms with Gasteiger partial charge in [-0.15, -0.1) is 0 Å². The molecule has 0 unspecified atom stereocenters. The first kappa shape index (κ1) is 13.3. The molecule has 0 aromatic carbocycles. The van der Waals surface area contributed by atoms with E-state index >= 15 is 0 Å². The molecule has 4 nitrogen and oxygen atoms in total. The molecule has 0 fully saturated rings. The third-order valence-corrected chi connectivity index (χ3v) is 2.95. The van der Waals surface area contributed by atoms with Crippen LogP contribution in [0.2, 0.25) is 0 Å². The van der Waals surface area contributed by atoms with E-state index in [-0.39, 0.29) is 5.60 Å². The first-order valence-electron chi connectivity index (χ1n) is 4.49. The second kappa shape index (κ2) is 4.67. The maximum absolute atomic E-state index is 9.54. The van der Waals surface area contributed by atoms with Crippen molar-refractivity contribution in [2.24, 2.45) is 11.8 Å². The average Bonchev–Trinajstić information content (AvgIpc) is 1.81. The van der Waals surface area contributed by atoms with Crippen LogP contribution in [-0.2, 0) is 9.15 Å². The average molecular weight is 211 g/mol. The topological polar surface area (TPSA) is 64.7 Å². The summed E-state index contributed by atoms with van der Waals surface area (Å²) in [4.78, 5) is 9.54. The first-order chi connectivity index (χ1) is 5.68. The summed E-state index contributed by atoms with van der Waals surface area (Å²) in [7, 11) is -3.10. The zero-order valence-corrected chi connectivity index (χ0v) is 10.1. The van der Waals surface area contributed by atoms with E-state index in [1.807, 2.05) is 13.8 Å². The fourth-order valence-corrected chi connectivity index (χ4v) is 2.72. The SMILES string of the molecule is CC(C)CC(C)(C)O[PH](C)(O)ON. The molecular weight excluding hydrogens is 189 g/mol. The third kappa shape index (κ3) is 6.36. The van der Waals surface area contributed by atoms with Gasteiger partial charge < -0.3 is 0 Å². The molecule has 0 bridgehead atoms. The number of hydrogen-bond donors (Lipinski definition) is 2. The standard InChI is InChI=1S/C8H22NO3P/c1-7(2)6-8(3,4)11-13(5,10)12-9/h7,10,13H,6,9H2,1-5H3. The molecular formula is C8H22NO3P. The van der Waals surface area contributed by atoms with E-state index < -0.39 is 7.94 Å². The molecule has 0 heterocycles. The Morgan fingerprint density at radius 3 is 2.23 bits per heavy atom. The second-order valence-electron chi connectivity index (χ2n) is 4.48. The van der Waals surface area contributed by atoms with Crippen LogP contribution in [0.25, 0.3) is 0 Å². The van der Waals surface area contributed by atoms with E-state index in [9.17, 15) is 4.89 Å². The van der Waals surface area contributed by atoms with Gasteiger partial charge in [0.25, 0.3) is 0 Å². The minimum absolute atomic E-state index is 0.386. The summed E-state index contributed by atoms with van der Waals surface area (Å²) >= 11 is 0. The first-order valence-corrected chi connectivity index (χ1v) is 6.75. The van der Waals surface area contributed by atoms with Crippen LogP contribution in [0.3, 0.4) is 0 Å². The fourth-order valence-electron chi connectivity index (χ4n) is 1.56. The zero-order chi connectivity index (χ0) is 10.7. The predicted molar refractivity (Wildman–Crippen MR) is 56.3 cm³/mol. The molecule has 0 saturated carbocycles. The molecule has 5 heteroatoms. The number of nitrogens with two attached hydrogens (primary N) is 1. The van der Waals surface area contributed by atoms with E-state index in [1.165, 1.54) is 6.66 Å². The van der Waals surface area contributed by atoms with Gasteiger partial charge in [0.05, 0.1) is 0 Å². The normalized spacial score (nSPS) is 15.1. The zero-order valence-electron chi connectivity index (χ0n) is 9.13. The maximum atomic E-state index is 9.54.